The summed E-state index contributed by atoms with van der Waals surface area (Å²) in [5.41, 5.74) is 0.774. The van der Waals surface area contributed by atoms with Gasteiger partial charge in [0.2, 0.25) is 5.91 Å². The molecule has 0 aliphatic heterocycles. The van der Waals surface area contributed by atoms with Crippen molar-refractivity contribution in [1.82, 2.24) is 14.8 Å². The maximum absolute atomic E-state index is 12.4. The second-order valence-electron chi connectivity index (χ2n) is 6.31. The Hall–Kier alpha value is -2.91. The summed E-state index contributed by atoms with van der Waals surface area (Å²) in [6.07, 6.45) is 3.76. The van der Waals surface area contributed by atoms with Crippen LogP contribution in [0.1, 0.15) is 5.82 Å². The van der Waals surface area contributed by atoms with Gasteiger partial charge in [-0.2, -0.15) is 0 Å². The third-order valence-corrected chi connectivity index (χ3v) is 5.91. The third-order valence-electron chi connectivity index (χ3n) is 4.22. The molecule has 9 heteroatoms. The van der Waals surface area contributed by atoms with E-state index in [0.717, 1.165) is 10.6 Å². The second-order valence-corrected chi connectivity index (χ2v) is 8.13. The van der Waals surface area contributed by atoms with Gasteiger partial charge < -0.3 is 14.8 Å². The Kier molecular flexibility index (Phi) is 8.43. The van der Waals surface area contributed by atoms with E-state index in [2.05, 4.69) is 22.1 Å². The van der Waals surface area contributed by atoms with E-state index < -0.39 is 0 Å². The highest BCUT2D eigenvalue weighted by Gasteiger charge is 2.15. The minimum Gasteiger partial charge on any atom is -0.493 e. The minimum atomic E-state index is -0.108. The van der Waals surface area contributed by atoms with E-state index in [9.17, 15) is 4.79 Å². The first-order valence-corrected chi connectivity index (χ1v) is 11.7. The molecule has 1 amide bonds. The van der Waals surface area contributed by atoms with Crippen LogP contribution < -0.4 is 14.8 Å². The van der Waals surface area contributed by atoms with E-state index in [4.69, 9.17) is 9.47 Å². The largest absolute Gasteiger partial charge is 0.493 e. The Morgan fingerprint density at radius 3 is 2.74 bits per heavy atom. The monoisotopic (exact) mass is 456 g/mol. The van der Waals surface area contributed by atoms with E-state index in [1.165, 1.54) is 11.8 Å². The van der Waals surface area contributed by atoms with Crippen LogP contribution in [0.5, 0.6) is 11.5 Å². The molecule has 0 atom stereocenters. The molecular formula is C22H24N4O3S2. The lowest BCUT2D eigenvalue weighted by Crippen LogP contribution is -2.15. The van der Waals surface area contributed by atoms with Crippen molar-refractivity contribution in [3.8, 4) is 11.5 Å². The highest BCUT2D eigenvalue weighted by molar-refractivity contribution is 7.99. The number of nitrogens with one attached hydrogen (secondary N) is 1. The second kappa shape index (κ2) is 11.5. The van der Waals surface area contributed by atoms with Gasteiger partial charge in [-0.1, -0.05) is 36.0 Å². The first kappa shape index (κ1) is 22.8. The number of anilines is 1. The number of nitrogens with zero attached hydrogens (tertiary/aromatic N) is 3. The molecule has 0 unspecified atom stereocenters. The molecule has 1 aromatic heterocycles. The number of methoxy groups -OCH3 is 1. The maximum Gasteiger partial charge on any atom is 0.234 e. The lowest BCUT2D eigenvalue weighted by molar-refractivity contribution is -0.113. The van der Waals surface area contributed by atoms with E-state index in [0.29, 0.717) is 29.0 Å². The van der Waals surface area contributed by atoms with E-state index >= 15 is 0 Å². The molecule has 0 saturated heterocycles. The van der Waals surface area contributed by atoms with E-state index in [1.54, 1.807) is 24.9 Å². The molecule has 1 N–H and O–H groups in total. The van der Waals surface area contributed by atoms with Crippen molar-refractivity contribution in [3.63, 3.8) is 0 Å². The van der Waals surface area contributed by atoms with Crippen LogP contribution in [0.15, 0.2) is 71.2 Å². The number of carbonyl (C=O) groups excluding carboxylic acids is 1. The Morgan fingerprint density at radius 1 is 1.19 bits per heavy atom. The van der Waals surface area contributed by atoms with Gasteiger partial charge in [-0.3, -0.25) is 9.36 Å². The number of benzene rings is 2. The van der Waals surface area contributed by atoms with Crippen LogP contribution >= 0.6 is 23.5 Å². The highest BCUT2D eigenvalue weighted by atomic mass is 32.2. The summed E-state index contributed by atoms with van der Waals surface area (Å²) >= 11 is 2.95. The molecule has 0 saturated carbocycles. The summed E-state index contributed by atoms with van der Waals surface area (Å²) in [6.45, 7) is 4.53. The number of ether oxygens (including phenoxy) is 2. The number of rotatable bonds is 11. The topological polar surface area (TPSA) is 78.3 Å². The summed E-state index contributed by atoms with van der Waals surface area (Å²) in [5, 5.41) is 12.0. The van der Waals surface area contributed by atoms with Gasteiger partial charge in [0.15, 0.2) is 22.5 Å². The van der Waals surface area contributed by atoms with Crippen LogP contribution in [-0.2, 0) is 17.9 Å². The molecule has 0 bridgehead atoms. The molecule has 2 aromatic carbocycles. The van der Waals surface area contributed by atoms with Crippen molar-refractivity contribution in [2.75, 3.05) is 24.4 Å². The summed E-state index contributed by atoms with van der Waals surface area (Å²) in [7, 11) is 1.60. The van der Waals surface area contributed by atoms with Crippen LogP contribution in [0.25, 0.3) is 0 Å². The summed E-state index contributed by atoms with van der Waals surface area (Å²) in [5.74, 6) is 2.02. The Balaban J connectivity index is 1.62. The lowest BCUT2D eigenvalue weighted by atomic mass is 10.3. The number of carbonyl (C=O) groups is 1. The molecule has 3 aromatic rings. The SMILES string of the molecule is C=CCn1c(COc2ccccc2OC)nnc1SCC(=O)Nc1cccc(SC)c1. The van der Waals surface area contributed by atoms with Gasteiger partial charge in [-0.15, -0.1) is 28.5 Å². The zero-order valence-corrected chi connectivity index (χ0v) is 19.0. The fourth-order valence-electron chi connectivity index (χ4n) is 2.75. The number of hydrogen-bond acceptors (Lipinski definition) is 7. The number of aromatic nitrogens is 3. The van der Waals surface area contributed by atoms with Gasteiger partial charge in [-0.25, -0.2) is 0 Å². The summed E-state index contributed by atoms with van der Waals surface area (Å²) in [4.78, 5) is 13.5. The zero-order chi connectivity index (χ0) is 22.1. The van der Waals surface area contributed by atoms with Crippen molar-refractivity contribution in [3.05, 3.63) is 67.0 Å². The molecule has 31 heavy (non-hydrogen) atoms. The van der Waals surface area contributed by atoms with Gasteiger partial charge in [0.25, 0.3) is 0 Å². The van der Waals surface area contributed by atoms with Gasteiger partial charge >= 0.3 is 0 Å². The van der Waals surface area contributed by atoms with Crippen LogP contribution in [-0.4, -0.2) is 39.8 Å². The van der Waals surface area contributed by atoms with Crippen molar-refractivity contribution in [2.24, 2.45) is 0 Å². The minimum absolute atomic E-state index is 0.108. The maximum atomic E-state index is 12.4. The molecule has 0 spiro atoms. The van der Waals surface area contributed by atoms with Gasteiger partial charge in [0, 0.05) is 17.1 Å². The van der Waals surface area contributed by atoms with Gasteiger partial charge in [0.05, 0.1) is 12.9 Å². The zero-order valence-electron chi connectivity index (χ0n) is 17.4. The van der Waals surface area contributed by atoms with Crippen LogP contribution in [0.2, 0.25) is 0 Å². The Labute approximate surface area is 190 Å². The molecule has 1 heterocycles. The highest BCUT2D eigenvalue weighted by Crippen LogP contribution is 2.27. The molecule has 0 fully saturated rings. The molecule has 0 radical (unpaired) electrons. The normalized spacial score (nSPS) is 10.5. The predicted molar refractivity (Wildman–Crippen MR) is 125 cm³/mol. The smallest absolute Gasteiger partial charge is 0.234 e. The van der Waals surface area contributed by atoms with E-state index in [1.807, 2.05) is 59.4 Å². The number of para-hydroxylation sites is 2. The predicted octanol–water partition coefficient (Wildman–Crippen LogP) is 4.50. The number of allylic oxidation sites excluding steroid dienone is 1. The van der Waals surface area contributed by atoms with Gasteiger partial charge in [-0.05, 0) is 36.6 Å². The van der Waals surface area contributed by atoms with Crippen molar-refractivity contribution in [2.45, 2.75) is 23.2 Å². The standard InChI is InChI=1S/C22H24N4O3S2/c1-4-12-26-20(14-29-19-11-6-5-10-18(19)28-2)24-25-22(26)31-15-21(27)23-16-8-7-9-17(13-16)30-3/h4-11,13H,1,12,14-15H2,2-3H3,(H,23,27). The number of thioether (sulfide) groups is 2. The van der Waals surface area contributed by atoms with Crippen LogP contribution in [0.4, 0.5) is 5.69 Å². The fraction of sp³-hybridized carbons (Fsp3) is 0.227. The molecule has 0 aliphatic carbocycles. The average Bonchev–Trinajstić information content (AvgIpc) is 3.18. The molecule has 0 aliphatic rings. The van der Waals surface area contributed by atoms with Crippen molar-refractivity contribution < 1.29 is 14.3 Å². The average molecular weight is 457 g/mol. The van der Waals surface area contributed by atoms with E-state index in [-0.39, 0.29) is 18.3 Å². The number of amides is 1. The molecule has 162 valence electrons. The third kappa shape index (κ3) is 6.28. The molecule has 7 nitrogen and oxygen atoms in total. The summed E-state index contributed by atoms with van der Waals surface area (Å²) in [6, 6.07) is 15.2. The lowest BCUT2D eigenvalue weighted by Gasteiger charge is -2.11. The van der Waals surface area contributed by atoms with Crippen molar-refractivity contribution in [1.29, 1.82) is 0 Å². The van der Waals surface area contributed by atoms with Gasteiger partial charge in [0.1, 0.15) is 6.61 Å². The van der Waals surface area contributed by atoms with Crippen molar-refractivity contribution >= 4 is 35.1 Å². The first-order chi connectivity index (χ1) is 15.1. The first-order valence-electron chi connectivity index (χ1n) is 9.50. The van der Waals surface area contributed by atoms with Crippen LogP contribution in [0.3, 0.4) is 0 Å². The molecular weight excluding hydrogens is 432 g/mol. The quantitative estimate of drug-likeness (QED) is 0.336. The molecule has 3 rings (SSSR count). The number of hydrogen-bond donors (Lipinski definition) is 1. The van der Waals surface area contributed by atoms with Crippen LogP contribution in [0, 0.1) is 0 Å². The summed E-state index contributed by atoms with van der Waals surface area (Å²) < 4.78 is 13.1. The Morgan fingerprint density at radius 2 is 2.00 bits per heavy atom. The fourth-order valence-corrected chi connectivity index (χ4v) is 3.98. The Bertz CT molecular complexity index is 1040.